The highest BCUT2D eigenvalue weighted by molar-refractivity contribution is 7.16. The molecule has 0 unspecified atom stereocenters. The molecule has 3 atom stereocenters. The number of hydrogen-bond acceptors (Lipinski definition) is 7. The first-order valence-corrected chi connectivity index (χ1v) is 10.6. The molecule has 2 N–H and O–H groups in total. The molecule has 0 amide bonds. The maximum Gasteiger partial charge on any atom is 0.328 e. The molecule has 2 aromatic rings. The fourth-order valence-electron chi connectivity index (χ4n) is 3.71. The number of aliphatic carboxylic acids is 2. The fourth-order valence-corrected chi connectivity index (χ4v) is 4.60. The van der Waals surface area contributed by atoms with Crippen LogP contribution in [0.2, 0.25) is 5.02 Å². The smallest absolute Gasteiger partial charge is 0.328 e. The molecular formula is C20H22ClN3O5S. The third kappa shape index (κ3) is 6.01. The van der Waals surface area contributed by atoms with Crippen LogP contribution in [0.4, 0.5) is 0 Å². The maximum absolute atomic E-state index is 9.55. The number of halogens is 1. The molecule has 10 heteroatoms. The Balaban J connectivity index is 0.000000275. The molecule has 2 aliphatic rings. The number of piperidine rings is 1. The van der Waals surface area contributed by atoms with Crippen LogP contribution in [0.5, 0.6) is 5.19 Å². The minimum Gasteiger partial charge on any atom is -0.478 e. The quantitative estimate of drug-likeness (QED) is 0.663. The lowest BCUT2D eigenvalue weighted by Gasteiger charge is -2.35. The van der Waals surface area contributed by atoms with Crippen molar-refractivity contribution >= 4 is 34.9 Å². The molecule has 30 heavy (non-hydrogen) atoms. The van der Waals surface area contributed by atoms with Crippen molar-refractivity contribution in [2.24, 2.45) is 0 Å². The highest BCUT2D eigenvalue weighted by Crippen LogP contribution is 2.37. The van der Waals surface area contributed by atoms with Crippen molar-refractivity contribution in [1.82, 2.24) is 15.1 Å². The number of ether oxygens (including phenoxy) is 1. The Bertz CT molecular complexity index is 887. The monoisotopic (exact) mass is 451 g/mol. The first-order valence-electron chi connectivity index (χ1n) is 9.43. The van der Waals surface area contributed by atoms with E-state index in [1.54, 1.807) is 0 Å². The standard InChI is InChI=1S/C16H18ClN3OS.C4H4O4/c1-20-12-6-7-13(20)9-14(8-12)21-16-19-18-15(22-16)10-2-4-11(17)5-3-10;5-3(6)1-2-4(7)8/h2-5,12-14H,6-9H2,1H3;1-2H,(H,5,6)(H,7,8)/b;2-1+/t12-,13+,14+;. The molecule has 3 heterocycles. The topological polar surface area (TPSA) is 113 Å². The highest BCUT2D eigenvalue weighted by Gasteiger charge is 2.39. The Morgan fingerprint density at radius 1 is 1.10 bits per heavy atom. The summed E-state index contributed by atoms with van der Waals surface area (Å²) in [4.78, 5) is 21.6. The van der Waals surface area contributed by atoms with E-state index in [1.165, 1.54) is 24.2 Å². The molecule has 0 aliphatic carbocycles. The van der Waals surface area contributed by atoms with E-state index < -0.39 is 11.9 Å². The Hall–Kier alpha value is -2.49. The van der Waals surface area contributed by atoms with Gasteiger partial charge in [0.2, 0.25) is 0 Å². The minimum absolute atomic E-state index is 0.278. The zero-order chi connectivity index (χ0) is 21.7. The van der Waals surface area contributed by atoms with Gasteiger partial charge in [-0.05, 0) is 44.9 Å². The largest absolute Gasteiger partial charge is 0.478 e. The van der Waals surface area contributed by atoms with Gasteiger partial charge in [-0.3, -0.25) is 0 Å². The van der Waals surface area contributed by atoms with E-state index in [-0.39, 0.29) is 6.10 Å². The minimum atomic E-state index is -1.26. The summed E-state index contributed by atoms with van der Waals surface area (Å²) >= 11 is 7.42. The van der Waals surface area contributed by atoms with Gasteiger partial charge in [0.15, 0.2) is 5.01 Å². The van der Waals surface area contributed by atoms with Crippen LogP contribution in [0, 0.1) is 0 Å². The second kappa shape index (κ2) is 10.0. The van der Waals surface area contributed by atoms with Gasteiger partial charge in [0.25, 0.3) is 5.19 Å². The molecule has 2 saturated heterocycles. The molecule has 4 rings (SSSR count). The number of nitrogens with zero attached hydrogens (tertiary/aromatic N) is 3. The average molecular weight is 452 g/mol. The van der Waals surface area contributed by atoms with Crippen molar-refractivity contribution < 1.29 is 24.5 Å². The molecule has 1 aromatic heterocycles. The first-order chi connectivity index (χ1) is 14.3. The molecule has 1 aromatic carbocycles. The number of carboxylic acids is 2. The van der Waals surface area contributed by atoms with E-state index in [2.05, 4.69) is 22.1 Å². The fraction of sp³-hybridized carbons (Fsp3) is 0.400. The summed E-state index contributed by atoms with van der Waals surface area (Å²) in [7, 11) is 2.24. The van der Waals surface area contributed by atoms with Gasteiger partial charge in [-0.25, -0.2) is 9.59 Å². The summed E-state index contributed by atoms with van der Waals surface area (Å²) in [5.41, 5.74) is 1.03. The van der Waals surface area contributed by atoms with Crippen LogP contribution in [-0.4, -0.2) is 62.5 Å². The first kappa shape index (κ1) is 22.2. The van der Waals surface area contributed by atoms with Gasteiger partial charge in [-0.1, -0.05) is 40.2 Å². The summed E-state index contributed by atoms with van der Waals surface area (Å²) in [5, 5.41) is 26.3. The number of rotatable bonds is 5. The second-order valence-electron chi connectivity index (χ2n) is 7.15. The van der Waals surface area contributed by atoms with E-state index in [4.69, 9.17) is 26.6 Å². The number of fused-ring (bicyclic) bond motifs is 2. The predicted molar refractivity (Wildman–Crippen MR) is 113 cm³/mol. The summed E-state index contributed by atoms with van der Waals surface area (Å²) in [6.07, 6.45) is 6.19. The number of benzene rings is 1. The van der Waals surface area contributed by atoms with Gasteiger partial charge in [0.1, 0.15) is 6.10 Å². The van der Waals surface area contributed by atoms with Crippen molar-refractivity contribution in [1.29, 1.82) is 0 Å². The molecule has 2 aliphatic heterocycles. The zero-order valence-corrected chi connectivity index (χ0v) is 17.8. The van der Waals surface area contributed by atoms with Gasteiger partial charge in [-0.15, -0.1) is 5.10 Å². The number of carbonyl (C=O) groups is 2. The van der Waals surface area contributed by atoms with Crippen molar-refractivity contribution in [2.75, 3.05) is 7.05 Å². The Morgan fingerprint density at radius 3 is 2.20 bits per heavy atom. The number of aromatic nitrogens is 2. The van der Waals surface area contributed by atoms with Crippen LogP contribution >= 0.6 is 22.9 Å². The molecule has 0 spiro atoms. The molecule has 160 valence electrons. The average Bonchev–Trinajstić information content (AvgIpc) is 3.22. The van der Waals surface area contributed by atoms with Crippen molar-refractivity contribution in [3.8, 4) is 15.8 Å². The summed E-state index contributed by atoms with van der Waals surface area (Å²) in [6, 6.07) is 9.01. The van der Waals surface area contributed by atoms with Crippen molar-refractivity contribution in [3.63, 3.8) is 0 Å². The third-order valence-corrected chi connectivity index (χ3v) is 6.30. The van der Waals surface area contributed by atoms with Gasteiger partial charge in [0.05, 0.1) is 0 Å². The molecule has 2 bridgehead atoms. The Labute approximate surface area is 182 Å². The van der Waals surface area contributed by atoms with Crippen LogP contribution < -0.4 is 4.74 Å². The van der Waals surface area contributed by atoms with Crippen molar-refractivity contribution in [2.45, 2.75) is 43.9 Å². The number of hydrogen-bond donors (Lipinski definition) is 2. The van der Waals surface area contributed by atoms with E-state index in [0.717, 1.165) is 28.4 Å². The number of carboxylic acid groups (broad SMARTS) is 2. The van der Waals surface area contributed by atoms with E-state index in [9.17, 15) is 9.59 Å². The summed E-state index contributed by atoms with van der Waals surface area (Å²) < 4.78 is 6.10. The SMILES string of the molecule is CN1[C@@H]2CC[C@H]1C[C@@H](Oc1nnc(-c3ccc(Cl)cc3)s1)C2.O=C(O)/C=C/C(=O)O. The molecule has 8 nitrogen and oxygen atoms in total. The molecule has 0 saturated carbocycles. The highest BCUT2D eigenvalue weighted by atomic mass is 35.5. The summed E-state index contributed by atoms with van der Waals surface area (Å²) in [5.74, 6) is -2.51. The normalized spacial score (nSPS) is 23.1. The maximum atomic E-state index is 9.55. The molecule has 2 fully saturated rings. The molecule has 0 radical (unpaired) electrons. The van der Waals surface area contributed by atoms with Crippen LogP contribution in [-0.2, 0) is 9.59 Å². The van der Waals surface area contributed by atoms with Crippen molar-refractivity contribution in [3.05, 3.63) is 41.4 Å². The van der Waals surface area contributed by atoms with Crippen LogP contribution in [0.1, 0.15) is 25.7 Å². The van der Waals surface area contributed by atoms with Gasteiger partial charge < -0.3 is 19.8 Å². The van der Waals surface area contributed by atoms with Gasteiger partial charge in [0, 0.05) is 34.8 Å². The lowest BCUT2D eigenvalue weighted by atomic mass is 10.0. The van der Waals surface area contributed by atoms with Gasteiger partial charge in [-0.2, -0.15) is 0 Å². The van der Waals surface area contributed by atoms with E-state index in [1.807, 2.05) is 24.3 Å². The zero-order valence-electron chi connectivity index (χ0n) is 16.3. The predicted octanol–water partition coefficient (Wildman–Crippen LogP) is 3.57. The second-order valence-corrected chi connectivity index (χ2v) is 8.53. The molecular weight excluding hydrogens is 430 g/mol. The van der Waals surface area contributed by atoms with Crippen LogP contribution in [0.15, 0.2) is 36.4 Å². The lowest BCUT2D eigenvalue weighted by Crippen LogP contribution is -2.43. The van der Waals surface area contributed by atoms with E-state index >= 15 is 0 Å². The third-order valence-electron chi connectivity index (χ3n) is 5.19. The Kier molecular flexibility index (Phi) is 7.41. The van der Waals surface area contributed by atoms with E-state index in [0.29, 0.717) is 29.4 Å². The van der Waals surface area contributed by atoms with Gasteiger partial charge >= 0.3 is 11.9 Å². The lowest BCUT2D eigenvalue weighted by molar-refractivity contribution is -0.134. The van der Waals surface area contributed by atoms with Crippen LogP contribution in [0.3, 0.4) is 0 Å². The Morgan fingerprint density at radius 2 is 1.67 bits per heavy atom. The van der Waals surface area contributed by atoms with Crippen LogP contribution in [0.25, 0.3) is 10.6 Å². The summed E-state index contributed by atoms with van der Waals surface area (Å²) in [6.45, 7) is 0.